The van der Waals surface area contributed by atoms with Crippen molar-refractivity contribution < 1.29 is 14.6 Å². The summed E-state index contributed by atoms with van der Waals surface area (Å²) in [6.07, 6.45) is 8.71. The average Bonchev–Trinajstić information content (AvgIpc) is 3.31. The number of hydrogen-bond acceptors (Lipinski definition) is 4. The van der Waals surface area contributed by atoms with Crippen LogP contribution in [0.3, 0.4) is 0 Å². The predicted octanol–water partition coefficient (Wildman–Crippen LogP) is 2.46. The second-order valence-electron chi connectivity index (χ2n) is 7.85. The zero-order chi connectivity index (χ0) is 17.2. The minimum absolute atomic E-state index is 0.0225. The van der Waals surface area contributed by atoms with Crippen molar-refractivity contribution in [1.29, 1.82) is 0 Å². The van der Waals surface area contributed by atoms with E-state index >= 15 is 0 Å². The maximum absolute atomic E-state index is 13.1. The Bertz CT molecular complexity index is 596. The van der Waals surface area contributed by atoms with Crippen LogP contribution < -0.4 is 0 Å². The molecule has 3 aliphatic rings. The summed E-state index contributed by atoms with van der Waals surface area (Å²) in [6.45, 7) is 1.66. The van der Waals surface area contributed by atoms with E-state index in [2.05, 4.69) is 10.2 Å². The van der Waals surface area contributed by atoms with E-state index in [4.69, 9.17) is 4.74 Å². The van der Waals surface area contributed by atoms with Gasteiger partial charge in [-0.05, 0) is 31.7 Å². The van der Waals surface area contributed by atoms with Crippen molar-refractivity contribution in [3.63, 3.8) is 0 Å². The molecular weight excluding hydrogens is 318 g/mol. The van der Waals surface area contributed by atoms with Gasteiger partial charge in [0.05, 0.1) is 25.4 Å². The second kappa shape index (κ2) is 7.46. The lowest BCUT2D eigenvalue weighted by molar-refractivity contribution is -0.0385. The van der Waals surface area contributed by atoms with Gasteiger partial charge in [-0.15, -0.1) is 0 Å². The third-order valence-corrected chi connectivity index (χ3v) is 6.31. The van der Waals surface area contributed by atoms with E-state index in [9.17, 15) is 9.90 Å². The first kappa shape index (κ1) is 17.0. The highest BCUT2D eigenvalue weighted by atomic mass is 16.5. The van der Waals surface area contributed by atoms with E-state index in [0.717, 1.165) is 25.0 Å². The predicted molar refractivity (Wildman–Crippen MR) is 93.4 cm³/mol. The van der Waals surface area contributed by atoms with E-state index in [1.807, 2.05) is 11.0 Å². The summed E-state index contributed by atoms with van der Waals surface area (Å²) in [5.74, 6) is 0.617. The van der Waals surface area contributed by atoms with Gasteiger partial charge in [0.15, 0.2) is 0 Å². The van der Waals surface area contributed by atoms with Gasteiger partial charge in [-0.25, -0.2) is 0 Å². The first-order valence-electron chi connectivity index (χ1n) is 9.86. The molecule has 0 radical (unpaired) electrons. The van der Waals surface area contributed by atoms with Gasteiger partial charge in [0.1, 0.15) is 5.69 Å². The molecule has 2 heterocycles. The molecule has 2 aliphatic carbocycles. The molecule has 2 N–H and O–H groups in total. The summed E-state index contributed by atoms with van der Waals surface area (Å²) >= 11 is 0. The topological polar surface area (TPSA) is 78.5 Å². The van der Waals surface area contributed by atoms with Crippen LogP contribution in [0.1, 0.15) is 73.5 Å². The summed E-state index contributed by atoms with van der Waals surface area (Å²) in [6, 6.07) is 1.92. The van der Waals surface area contributed by atoms with Gasteiger partial charge in [0, 0.05) is 24.1 Å². The van der Waals surface area contributed by atoms with E-state index in [1.165, 1.54) is 32.1 Å². The Hall–Kier alpha value is -1.40. The molecule has 6 heteroatoms. The van der Waals surface area contributed by atoms with Crippen molar-refractivity contribution in [1.82, 2.24) is 15.1 Å². The maximum Gasteiger partial charge on any atom is 0.274 e. The summed E-state index contributed by atoms with van der Waals surface area (Å²) in [5.41, 5.74) is 1.62. The zero-order valence-electron chi connectivity index (χ0n) is 14.8. The Morgan fingerprint density at radius 1 is 1.20 bits per heavy atom. The molecule has 4 rings (SSSR count). The largest absolute Gasteiger partial charge is 0.393 e. The Morgan fingerprint density at radius 3 is 2.80 bits per heavy atom. The molecule has 2 saturated carbocycles. The van der Waals surface area contributed by atoms with Crippen LogP contribution >= 0.6 is 0 Å². The number of morpholine rings is 1. The van der Waals surface area contributed by atoms with E-state index in [-0.39, 0.29) is 24.0 Å². The SMILES string of the molecule is O=C(c1cc(C2CCCCC2)[nH]n1)N1CCOC[C@@H]1[C@@H]1CCC[C@@H]1O. The Morgan fingerprint density at radius 2 is 2.04 bits per heavy atom. The summed E-state index contributed by atoms with van der Waals surface area (Å²) < 4.78 is 5.63. The van der Waals surface area contributed by atoms with Crippen molar-refractivity contribution >= 4 is 5.91 Å². The number of carbonyl (C=O) groups excluding carboxylic acids is 1. The molecule has 0 spiro atoms. The minimum atomic E-state index is -0.320. The molecule has 1 saturated heterocycles. The van der Waals surface area contributed by atoms with E-state index < -0.39 is 0 Å². The molecule has 1 amide bonds. The minimum Gasteiger partial charge on any atom is -0.393 e. The standard InChI is InChI=1S/C19H29N3O3/c23-18-8-4-7-14(18)17-12-25-10-9-22(17)19(24)16-11-15(20-21-16)13-5-2-1-3-6-13/h11,13-14,17-18,23H,1-10,12H2,(H,20,21)/t14-,17+,18-/m0/s1. The number of aromatic nitrogens is 2. The number of hydrogen-bond donors (Lipinski definition) is 2. The molecule has 1 aliphatic heterocycles. The third kappa shape index (κ3) is 3.47. The van der Waals surface area contributed by atoms with E-state index in [0.29, 0.717) is 31.4 Å². The van der Waals surface area contributed by atoms with Crippen LogP contribution in [0.4, 0.5) is 0 Å². The molecule has 0 bridgehead atoms. The number of aliphatic hydroxyl groups excluding tert-OH is 1. The molecule has 1 aromatic rings. The van der Waals surface area contributed by atoms with Crippen LogP contribution in [0.15, 0.2) is 6.07 Å². The highest BCUT2D eigenvalue weighted by Crippen LogP contribution is 2.34. The maximum atomic E-state index is 13.1. The Labute approximate surface area is 148 Å². The molecule has 3 fully saturated rings. The van der Waals surface area contributed by atoms with Crippen LogP contribution in [-0.2, 0) is 4.74 Å². The quantitative estimate of drug-likeness (QED) is 0.880. The Kier molecular flexibility index (Phi) is 5.08. The number of carbonyl (C=O) groups is 1. The van der Waals surface area contributed by atoms with Gasteiger partial charge in [0.25, 0.3) is 5.91 Å². The van der Waals surface area contributed by atoms with Crippen LogP contribution in [0.2, 0.25) is 0 Å². The molecule has 6 nitrogen and oxygen atoms in total. The van der Waals surface area contributed by atoms with Crippen LogP contribution in [0, 0.1) is 5.92 Å². The average molecular weight is 347 g/mol. The number of rotatable bonds is 3. The summed E-state index contributed by atoms with van der Waals surface area (Å²) in [4.78, 5) is 15.0. The fourth-order valence-corrected chi connectivity index (χ4v) is 4.86. The number of H-pyrrole nitrogens is 1. The Balaban J connectivity index is 1.49. The normalized spacial score (nSPS) is 31.4. The fraction of sp³-hybridized carbons (Fsp3) is 0.789. The second-order valence-corrected chi connectivity index (χ2v) is 7.85. The highest BCUT2D eigenvalue weighted by Gasteiger charge is 2.40. The third-order valence-electron chi connectivity index (χ3n) is 6.31. The van der Waals surface area contributed by atoms with Crippen molar-refractivity contribution in [2.24, 2.45) is 5.92 Å². The van der Waals surface area contributed by atoms with Gasteiger partial charge >= 0.3 is 0 Å². The van der Waals surface area contributed by atoms with E-state index in [1.54, 1.807) is 0 Å². The molecule has 1 aromatic heterocycles. The van der Waals surface area contributed by atoms with Gasteiger partial charge in [0.2, 0.25) is 0 Å². The van der Waals surface area contributed by atoms with Gasteiger partial charge < -0.3 is 14.7 Å². The number of ether oxygens (including phenoxy) is 1. The lowest BCUT2D eigenvalue weighted by Gasteiger charge is -2.39. The molecule has 0 unspecified atom stereocenters. The number of nitrogens with one attached hydrogen (secondary N) is 1. The van der Waals surface area contributed by atoms with Crippen molar-refractivity contribution in [3.05, 3.63) is 17.5 Å². The van der Waals surface area contributed by atoms with Crippen molar-refractivity contribution in [2.75, 3.05) is 19.8 Å². The fourth-order valence-electron chi connectivity index (χ4n) is 4.86. The highest BCUT2D eigenvalue weighted by molar-refractivity contribution is 5.92. The smallest absolute Gasteiger partial charge is 0.274 e. The number of aromatic amines is 1. The van der Waals surface area contributed by atoms with Crippen LogP contribution in [0.5, 0.6) is 0 Å². The summed E-state index contributed by atoms with van der Waals surface area (Å²) in [7, 11) is 0. The van der Waals surface area contributed by atoms with Crippen molar-refractivity contribution in [3.8, 4) is 0 Å². The van der Waals surface area contributed by atoms with Gasteiger partial charge in [-0.1, -0.05) is 25.7 Å². The molecule has 0 aromatic carbocycles. The van der Waals surface area contributed by atoms with Gasteiger partial charge in [-0.3, -0.25) is 9.89 Å². The number of nitrogens with zero attached hydrogens (tertiary/aromatic N) is 2. The zero-order valence-corrected chi connectivity index (χ0v) is 14.8. The molecule has 3 atom stereocenters. The van der Waals surface area contributed by atoms with Crippen LogP contribution in [0.25, 0.3) is 0 Å². The molecule has 138 valence electrons. The van der Waals surface area contributed by atoms with Crippen molar-refractivity contribution in [2.45, 2.75) is 69.4 Å². The summed E-state index contributed by atoms with van der Waals surface area (Å²) in [5, 5.41) is 17.7. The molecular formula is C19H29N3O3. The monoisotopic (exact) mass is 347 g/mol. The number of amides is 1. The lowest BCUT2D eigenvalue weighted by atomic mass is 9.87. The lowest BCUT2D eigenvalue weighted by Crippen LogP contribution is -2.53. The number of aliphatic hydroxyl groups is 1. The van der Waals surface area contributed by atoms with Crippen LogP contribution in [-0.4, -0.2) is 58.0 Å². The first-order valence-corrected chi connectivity index (χ1v) is 9.86. The van der Waals surface area contributed by atoms with Gasteiger partial charge in [-0.2, -0.15) is 5.10 Å². The first-order chi connectivity index (χ1) is 12.2. The molecule has 25 heavy (non-hydrogen) atoms.